The molecule has 0 saturated carbocycles. The van der Waals surface area contributed by atoms with Crippen LogP contribution in [0.2, 0.25) is 0 Å². The Morgan fingerprint density at radius 1 is 1.36 bits per heavy atom. The lowest BCUT2D eigenvalue weighted by Crippen LogP contribution is -1.86. The molecule has 0 rings (SSSR count). The molecule has 11 heavy (non-hydrogen) atoms. The van der Waals surface area contributed by atoms with Gasteiger partial charge in [-0.1, -0.05) is 19.1 Å². The SMILES string of the molecule is C=C(C)N=C(C)/C=C(\C)CC. The molecule has 1 heteroatoms. The smallest absolute Gasteiger partial charge is 0.0375 e. The van der Waals surface area contributed by atoms with E-state index in [4.69, 9.17) is 0 Å². The average molecular weight is 151 g/mol. The van der Waals surface area contributed by atoms with Crippen LogP contribution in [-0.4, -0.2) is 5.71 Å². The minimum atomic E-state index is 0.864. The van der Waals surface area contributed by atoms with Crippen LogP contribution in [0.4, 0.5) is 0 Å². The van der Waals surface area contributed by atoms with E-state index in [0.29, 0.717) is 0 Å². The molecule has 0 aromatic carbocycles. The van der Waals surface area contributed by atoms with Gasteiger partial charge in [0.05, 0.1) is 0 Å². The van der Waals surface area contributed by atoms with E-state index in [1.807, 2.05) is 13.8 Å². The summed E-state index contributed by atoms with van der Waals surface area (Å²) in [4.78, 5) is 4.21. The van der Waals surface area contributed by atoms with E-state index in [2.05, 4.69) is 31.5 Å². The molecule has 0 heterocycles. The molecule has 0 aliphatic rings. The van der Waals surface area contributed by atoms with Gasteiger partial charge in [0.1, 0.15) is 0 Å². The summed E-state index contributed by atoms with van der Waals surface area (Å²) in [7, 11) is 0. The molecule has 0 radical (unpaired) electrons. The van der Waals surface area contributed by atoms with Gasteiger partial charge in [-0.15, -0.1) is 0 Å². The maximum Gasteiger partial charge on any atom is 0.0375 e. The predicted octanol–water partition coefficient (Wildman–Crippen LogP) is 3.34. The molecule has 0 atom stereocenters. The fourth-order valence-corrected chi connectivity index (χ4v) is 0.792. The Hall–Kier alpha value is -0.850. The van der Waals surface area contributed by atoms with E-state index >= 15 is 0 Å². The molecule has 0 aromatic rings. The Labute approximate surface area is 69.5 Å². The van der Waals surface area contributed by atoms with Crippen LogP contribution in [0.25, 0.3) is 0 Å². The Kier molecular flexibility index (Phi) is 4.51. The number of rotatable bonds is 3. The van der Waals surface area contributed by atoms with E-state index in [0.717, 1.165) is 17.8 Å². The van der Waals surface area contributed by atoms with Crippen LogP contribution in [0.15, 0.2) is 28.9 Å². The van der Waals surface area contributed by atoms with Crippen molar-refractivity contribution in [3.63, 3.8) is 0 Å². The highest BCUT2D eigenvalue weighted by Crippen LogP contribution is 2.00. The predicted molar refractivity (Wildman–Crippen MR) is 52.0 cm³/mol. The highest BCUT2D eigenvalue weighted by molar-refractivity contribution is 5.93. The fraction of sp³-hybridized carbons (Fsp3) is 0.500. The average Bonchev–Trinajstić information content (AvgIpc) is 1.85. The maximum absolute atomic E-state index is 4.21. The molecule has 0 aromatic heterocycles. The standard InChI is InChI=1S/C10H17N/c1-6-9(4)7-10(5)11-8(2)3/h7H,2,6H2,1,3-5H3/b9-7+,11-10?. The topological polar surface area (TPSA) is 12.4 Å². The van der Waals surface area contributed by atoms with Gasteiger partial charge in [0, 0.05) is 11.4 Å². The van der Waals surface area contributed by atoms with E-state index in [-0.39, 0.29) is 0 Å². The first-order valence-corrected chi connectivity index (χ1v) is 3.94. The third kappa shape index (κ3) is 5.59. The summed E-state index contributed by atoms with van der Waals surface area (Å²) in [6, 6.07) is 0. The van der Waals surface area contributed by atoms with Crippen LogP contribution in [0.1, 0.15) is 34.1 Å². The van der Waals surface area contributed by atoms with E-state index < -0.39 is 0 Å². The lowest BCUT2D eigenvalue weighted by atomic mass is 10.2. The Morgan fingerprint density at radius 3 is 2.27 bits per heavy atom. The number of hydrogen-bond acceptors (Lipinski definition) is 1. The molecule has 0 unspecified atom stereocenters. The molecule has 1 nitrogen and oxygen atoms in total. The Bertz CT molecular complexity index is 197. The molecule has 62 valence electrons. The molecule has 0 amide bonds. The van der Waals surface area contributed by atoms with Crippen molar-refractivity contribution >= 4 is 5.71 Å². The first-order valence-electron chi connectivity index (χ1n) is 3.94. The third-order valence-electron chi connectivity index (χ3n) is 1.38. The minimum Gasteiger partial charge on any atom is -0.259 e. The van der Waals surface area contributed by atoms with Gasteiger partial charge in [-0.3, -0.25) is 4.99 Å². The largest absolute Gasteiger partial charge is 0.259 e. The second kappa shape index (κ2) is 4.89. The van der Waals surface area contributed by atoms with Crippen molar-refractivity contribution in [1.82, 2.24) is 0 Å². The summed E-state index contributed by atoms with van der Waals surface area (Å²) < 4.78 is 0. The number of hydrogen-bond donors (Lipinski definition) is 0. The second-order valence-corrected chi connectivity index (χ2v) is 2.83. The van der Waals surface area contributed by atoms with Crippen LogP contribution < -0.4 is 0 Å². The first-order chi connectivity index (χ1) is 5.06. The Balaban J connectivity index is 4.26. The molecule has 0 fully saturated rings. The molecular weight excluding hydrogens is 134 g/mol. The Morgan fingerprint density at radius 2 is 1.91 bits per heavy atom. The summed E-state index contributed by atoms with van der Waals surface area (Å²) in [6.45, 7) is 11.9. The van der Waals surface area contributed by atoms with Crippen molar-refractivity contribution in [1.29, 1.82) is 0 Å². The van der Waals surface area contributed by atoms with Crippen molar-refractivity contribution < 1.29 is 0 Å². The summed E-state index contributed by atoms with van der Waals surface area (Å²) >= 11 is 0. The van der Waals surface area contributed by atoms with Crippen molar-refractivity contribution in [2.24, 2.45) is 4.99 Å². The zero-order valence-electron chi connectivity index (χ0n) is 7.94. The van der Waals surface area contributed by atoms with Crippen LogP contribution in [-0.2, 0) is 0 Å². The highest BCUT2D eigenvalue weighted by Gasteiger charge is 1.87. The highest BCUT2D eigenvalue weighted by atomic mass is 14.7. The molecule has 0 bridgehead atoms. The molecule has 0 spiro atoms. The van der Waals surface area contributed by atoms with Crippen LogP contribution in [0, 0.1) is 0 Å². The normalized spacial score (nSPS) is 13.5. The third-order valence-corrected chi connectivity index (χ3v) is 1.38. The van der Waals surface area contributed by atoms with Gasteiger partial charge < -0.3 is 0 Å². The van der Waals surface area contributed by atoms with Crippen molar-refractivity contribution in [3.8, 4) is 0 Å². The number of allylic oxidation sites excluding steroid dienone is 3. The van der Waals surface area contributed by atoms with Gasteiger partial charge in [-0.2, -0.15) is 0 Å². The van der Waals surface area contributed by atoms with Gasteiger partial charge in [0.2, 0.25) is 0 Å². The minimum absolute atomic E-state index is 0.864. The molecule has 0 aliphatic heterocycles. The lowest BCUT2D eigenvalue weighted by Gasteiger charge is -1.95. The van der Waals surface area contributed by atoms with E-state index in [1.165, 1.54) is 5.57 Å². The molecular formula is C10H17N. The van der Waals surface area contributed by atoms with Crippen LogP contribution >= 0.6 is 0 Å². The van der Waals surface area contributed by atoms with E-state index in [1.54, 1.807) is 0 Å². The van der Waals surface area contributed by atoms with Gasteiger partial charge in [0.25, 0.3) is 0 Å². The van der Waals surface area contributed by atoms with Crippen molar-refractivity contribution in [3.05, 3.63) is 23.9 Å². The van der Waals surface area contributed by atoms with E-state index in [9.17, 15) is 0 Å². The lowest BCUT2D eigenvalue weighted by molar-refractivity contribution is 1.10. The van der Waals surface area contributed by atoms with Crippen molar-refractivity contribution in [2.45, 2.75) is 34.1 Å². The number of nitrogens with zero attached hydrogens (tertiary/aromatic N) is 1. The van der Waals surface area contributed by atoms with Gasteiger partial charge in [0.15, 0.2) is 0 Å². The first kappa shape index (κ1) is 10.2. The van der Waals surface area contributed by atoms with Gasteiger partial charge in [-0.25, -0.2) is 0 Å². The summed E-state index contributed by atoms with van der Waals surface area (Å²) in [6.07, 6.45) is 3.18. The van der Waals surface area contributed by atoms with Crippen LogP contribution in [0.5, 0.6) is 0 Å². The van der Waals surface area contributed by atoms with Crippen molar-refractivity contribution in [2.75, 3.05) is 0 Å². The quantitative estimate of drug-likeness (QED) is 0.548. The summed E-state index contributed by atoms with van der Waals surface area (Å²) in [5.41, 5.74) is 3.26. The summed E-state index contributed by atoms with van der Waals surface area (Å²) in [5.74, 6) is 0. The second-order valence-electron chi connectivity index (χ2n) is 2.83. The van der Waals surface area contributed by atoms with Crippen LogP contribution in [0.3, 0.4) is 0 Å². The van der Waals surface area contributed by atoms with Gasteiger partial charge >= 0.3 is 0 Å². The molecule has 0 aliphatic carbocycles. The molecule has 0 saturated heterocycles. The fourth-order valence-electron chi connectivity index (χ4n) is 0.792. The number of aliphatic imine (C=N–C) groups is 1. The zero-order valence-corrected chi connectivity index (χ0v) is 7.94. The maximum atomic E-state index is 4.21. The van der Waals surface area contributed by atoms with Gasteiger partial charge in [-0.05, 0) is 33.3 Å². The monoisotopic (exact) mass is 151 g/mol. The molecule has 0 N–H and O–H groups in total. The summed E-state index contributed by atoms with van der Waals surface area (Å²) in [5, 5.41) is 0. The zero-order chi connectivity index (χ0) is 8.85.